The number of ether oxygens (including phenoxy) is 1. The molecule has 0 heterocycles. The average Bonchev–Trinajstić information content (AvgIpc) is 2.57. The van der Waals surface area contributed by atoms with Crippen LogP contribution >= 0.6 is 11.6 Å². The Morgan fingerprint density at radius 2 is 2.00 bits per heavy atom. The van der Waals surface area contributed by atoms with Gasteiger partial charge in [-0.15, -0.1) is 0 Å². The zero-order chi connectivity index (χ0) is 20.4. The first-order chi connectivity index (χ1) is 12.6. The maximum Gasteiger partial charge on any atom is 0.338 e. The van der Waals surface area contributed by atoms with Crippen LogP contribution in [0.5, 0.6) is 0 Å². The summed E-state index contributed by atoms with van der Waals surface area (Å²) < 4.78 is 5.29. The fraction of sp³-hybridized carbons (Fsp3) is 0.458. The van der Waals surface area contributed by atoms with Gasteiger partial charge in [0.15, 0.2) is 0 Å². The lowest BCUT2D eigenvalue weighted by atomic mass is 9.68. The summed E-state index contributed by atoms with van der Waals surface area (Å²) in [5.41, 5.74) is 6.48. The molecule has 1 aliphatic rings. The van der Waals surface area contributed by atoms with E-state index in [1.165, 1.54) is 17.6 Å². The summed E-state index contributed by atoms with van der Waals surface area (Å²) in [5.74, 6) is -0.349. The molecule has 3 heteroatoms. The third kappa shape index (κ3) is 4.73. The molecule has 0 amide bonds. The van der Waals surface area contributed by atoms with Gasteiger partial charge in [-0.1, -0.05) is 49.7 Å². The van der Waals surface area contributed by atoms with Crippen molar-refractivity contribution in [2.45, 2.75) is 66.9 Å². The zero-order valence-corrected chi connectivity index (χ0v) is 18.2. The first kappa shape index (κ1) is 21.5. The van der Waals surface area contributed by atoms with E-state index < -0.39 is 0 Å². The van der Waals surface area contributed by atoms with E-state index in [0.29, 0.717) is 10.6 Å². The van der Waals surface area contributed by atoms with E-state index >= 15 is 0 Å². The van der Waals surface area contributed by atoms with Crippen LogP contribution in [0.3, 0.4) is 0 Å². The zero-order valence-electron chi connectivity index (χ0n) is 17.4. The van der Waals surface area contributed by atoms with Gasteiger partial charge in [-0.2, -0.15) is 0 Å². The predicted octanol–water partition coefficient (Wildman–Crippen LogP) is 7.39. The highest BCUT2D eigenvalue weighted by atomic mass is 35.5. The van der Waals surface area contributed by atoms with Crippen LogP contribution in [-0.2, 0) is 4.74 Å². The second-order valence-corrected chi connectivity index (χ2v) is 8.71. The summed E-state index contributed by atoms with van der Waals surface area (Å²) >= 11 is 6.67. The summed E-state index contributed by atoms with van der Waals surface area (Å²) in [6.45, 7) is 16.5. The molecule has 2 nitrogen and oxygen atoms in total. The minimum atomic E-state index is -0.349. The Morgan fingerprint density at radius 3 is 2.52 bits per heavy atom. The fourth-order valence-corrected chi connectivity index (χ4v) is 4.22. The van der Waals surface area contributed by atoms with E-state index in [-0.39, 0.29) is 17.5 Å². The lowest BCUT2D eigenvalue weighted by Gasteiger charge is -2.37. The largest absolute Gasteiger partial charge is 0.459 e. The van der Waals surface area contributed by atoms with Crippen molar-refractivity contribution in [2.75, 3.05) is 0 Å². The molecule has 2 rings (SSSR count). The van der Waals surface area contributed by atoms with Gasteiger partial charge in [-0.3, -0.25) is 0 Å². The number of hydrogen-bond donors (Lipinski definition) is 0. The van der Waals surface area contributed by atoms with Crippen molar-refractivity contribution < 1.29 is 9.53 Å². The highest BCUT2D eigenvalue weighted by Gasteiger charge is 2.32. The van der Waals surface area contributed by atoms with Gasteiger partial charge in [-0.05, 0) is 81.2 Å². The van der Waals surface area contributed by atoms with Gasteiger partial charge in [-0.25, -0.2) is 4.79 Å². The van der Waals surface area contributed by atoms with Crippen molar-refractivity contribution in [1.29, 1.82) is 0 Å². The number of halogens is 1. The van der Waals surface area contributed by atoms with E-state index in [1.807, 2.05) is 26.0 Å². The molecule has 1 aliphatic carbocycles. The Kier molecular flexibility index (Phi) is 6.75. The summed E-state index contributed by atoms with van der Waals surface area (Å²) in [6.07, 6.45) is 5.17. The monoisotopic (exact) mass is 386 g/mol. The molecule has 0 unspecified atom stereocenters. The van der Waals surface area contributed by atoms with E-state index in [9.17, 15) is 4.79 Å². The number of esters is 1. The highest BCUT2D eigenvalue weighted by molar-refractivity contribution is 6.33. The second kappa shape index (κ2) is 8.48. The minimum absolute atomic E-state index is 0.0700. The molecule has 0 radical (unpaired) electrons. The van der Waals surface area contributed by atoms with Crippen molar-refractivity contribution in [3.63, 3.8) is 0 Å². The van der Waals surface area contributed by atoms with Crippen LogP contribution in [0.1, 0.15) is 76.7 Å². The van der Waals surface area contributed by atoms with Gasteiger partial charge in [0.05, 0.1) is 11.7 Å². The Labute approximate surface area is 169 Å². The van der Waals surface area contributed by atoms with Crippen molar-refractivity contribution in [1.82, 2.24) is 0 Å². The second-order valence-electron chi connectivity index (χ2n) is 8.30. The lowest BCUT2D eigenvalue weighted by Crippen LogP contribution is -2.22. The molecule has 1 aromatic carbocycles. The molecule has 0 saturated carbocycles. The number of rotatable bonds is 5. The van der Waals surface area contributed by atoms with Crippen molar-refractivity contribution in [2.24, 2.45) is 5.41 Å². The van der Waals surface area contributed by atoms with Crippen LogP contribution in [-0.4, -0.2) is 12.1 Å². The van der Waals surface area contributed by atoms with Crippen molar-refractivity contribution in [3.8, 4) is 0 Å². The molecule has 27 heavy (non-hydrogen) atoms. The normalized spacial score (nSPS) is 17.6. The van der Waals surface area contributed by atoms with E-state index in [1.54, 1.807) is 12.1 Å². The number of carbonyl (C=O) groups excluding carboxylic acids is 1. The standard InChI is InChI=1S/C24H31ClO2/c1-8-16(4)21(22-17(5)10-9-13-24(22,6)7)19-12-11-18(14-20(19)25)23(26)27-15(2)3/h8,11-12,14-15H,1,9-10,13H2,2-7H3/b21-16-. The summed E-state index contributed by atoms with van der Waals surface area (Å²) in [4.78, 5) is 12.2. The van der Waals surface area contributed by atoms with Crippen LogP contribution in [0.2, 0.25) is 5.02 Å². The molecule has 0 spiro atoms. The molecular formula is C24H31ClO2. The van der Waals surface area contributed by atoms with E-state index in [0.717, 1.165) is 29.6 Å². The number of carbonyl (C=O) groups is 1. The van der Waals surface area contributed by atoms with Gasteiger partial charge in [0.25, 0.3) is 0 Å². The average molecular weight is 387 g/mol. The molecule has 146 valence electrons. The van der Waals surface area contributed by atoms with Crippen LogP contribution in [0.25, 0.3) is 5.57 Å². The Morgan fingerprint density at radius 1 is 1.33 bits per heavy atom. The maximum absolute atomic E-state index is 12.2. The number of allylic oxidation sites excluding steroid dienone is 5. The summed E-state index contributed by atoms with van der Waals surface area (Å²) in [7, 11) is 0. The molecule has 0 N–H and O–H groups in total. The molecule has 0 atom stereocenters. The van der Waals surface area contributed by atoms with E-state index in [2.05, 4.69) is 34.3 Å². The topological polar surface area (TPSA) is 26.3 Å². The number of benzene rings is 1. The fourth-order valence-electron chi connectivity index (χ4n) is 3.95. The Balaban J connectivity index is 2.61. The van der Waals surface area contributed by atoms with Gasteiger partial charge >= 0.3 is 5.97 Å². The Bertz CT molecular complexity index is 810. The highest BCUT2D eigenvalue weighted by Crippen LogP contribution is 2.49. The molecular weight excluding hydrogens is 356 g/mol. The van der Waals surface area contributed by atoms with Crippen LogP contribution in [0, 0.1) is 5.41 Å². The summed E-state index contributed by atoms with van der Waals surface area (Å²) in [6, 6.07) is 5.45. The minimum Gasteiger partial charge on any atom is -0.459 e. The maximum atomic E-state index is 12.2. The molecule has 0 fully saturated rings. The first-order valence-electron chi connectivity index (χ1n) is 9.63. The van der Waals surface area contributed by atoms with Gasteiger partial charge in [0.1, 0.15) is 0 Å². The number of hydrogen-bond acceptors (Lipinski definition) is 2. The van der Waals surface area contributed by atoms with Crippen LogP contribution in [0.15, 0.2) is 47.6 Å². The van der Waals surface area contributed by atoms with Crippen LogP contribution < -0.4 is 0 Å². The van der Waals surface area contributed by atoms with Crippen LogP contribution in [0.4, 0.5) is 0 Å². The Hall–Kier alpha value is -1.80. The van der Waals surface area contributed by atoms with Crippen molar-refractivity contribution in [3.05, 3.63) is 63.7 Å². The molecule has 0 bridgehead atoms. The summed E-state index contributed by atoms with van der Waals surface area (Å²) in [5, 5.41) is 0.561. The molecule has 0 aromatic heterocycles. The molecule has 0 aliphatic heterocycles. The third-order valence-electron chi connectivity index (χ3n) is 5.22. The molecule has 1 aromatic rings. The SMILES string of the molecule is C=C/C(C)=C(\C1=C(C)CCCC1(C)C)c1ccc(C(=O)OC(C)C)cc1Cl. The lowest BCUT2D eigenvalue weighted by molar-refractivity contribution is 0.0378. The predicted molar refractivity (Wildman–Crippen MR) is 115 cm³/mol. The first-order valence-corrected chi connectivity index (χ1v) is 10.0. The van der Waals surface area contributed by atoms with Crippen molar-refractivity contribution >= 4 is 23.1 Å². The van der Waals surface area contributed by atoms with Gasteiger partial charge < -0.3 is 4.74 Å². The van der Waals surface area contributed by atoms with Gasteiger partial charge in [0, 0.05) is 10.6 Å². The van der Waals surface area contributed by atoms with Gasteiger partial charge in [0.2, 0.25) is 0 Å². The molecule has 0 saturated heterocycles. The third-order valence-corrected chi connectivity index (χ3v) is 5.54. The quantitative estimate of drug-likeness (QED) is 0.389. The smallest absolute Gasteiger partial charge is 0.338 e. The van der Waals surface area contributed by atoms with E-state index in [4.69, 9.17) is 16.3 Å².